The third-order valence-electron chi connectivity index (χ3n) is 6.44. The van der Waals surface area contributed by atoms with Gasteiger partial charge in [-0.25, -0.2) is 4.68 Å². The molecule has 2 N–H and O–H groups in total. The van der Waals surface area contributed by atoms with Crippen molar-refractivity contribution in [2.45, 2.75) is 18.8 Å². The molecule has 36 heavy (non-hydrogen) atoms. The number of piperidine rings is 1. The highest BCUT2D eigenvalue weighted by molar-refractivity contribution is 6.16. The second-order valence-corrected chi connectivity index (χ2v) is 8.82. The number of carbonyl (C=O) groups excluding carboxylic acids is 1. The number of ketones is 1. The highest BCUT2D eigenvalue weighted by atomic mass is 16.5. The molecule has 11 nitrogen and oxygen atoms in total. The Morgan fingerprint density at radius 1 is 1.22 bits per heavy atom. The molecule has 0 aliphatic carbocycles. The third kappa shape index (κ3) is 5.10. The van der Waals surface area contributed by atoms with Crippen LogP contribution in [0.1, 0.15) is 24.5 Å². The number of nitrogens with one attached hydrogen (secondary N) is 2. The summed E-state index contributed by atoms with van der Waals surface area (Å²) in [4.78, 5) is 28.2. The molecule has 3 aliphatic rings. The number of hydrogen-bond donors (Lipinski definition) is 2. The lowest BCUT2D eigenvalue weighted by Crippen LogP contribution is -2.26. The van der Waals surface area contributed by atoms with Crippen LogP contribution in [0.2, 0.25) is 0 Å². The maximum absolute atomic E-state index is 13.2. The summed E-state index contributed by atoms with van der Waals surface area (Å²) < 4.78 is 7.13. The Bertz CT molecular complexity index is 1250. The second-order valence-electron chi connectivity index (χ2n) is 8.82. The van der Waals surface area contributed by atoms with E-state index >= 15 is 0 Å². The van der Waals surface area contributed by atoms with Crippen LogP contribution in [0.4, 0.5) is 5.82 Å². The van der Waals surface area contributed by atoms with Crippen molar-refractivity contribution in [1.29, 1.82) is 0 Å². The average Bonchev–Trinajstić information content (AvgIpc) is 3.28. The largest absolute Gasteiger partial charge is 0.497 e. The van der Waals surface area contributed by atoms with E-state index in [4.69, 9.17) is 9.84 Å². The van der Waals surface area contributed by atoms with E-state index in [1.54, 1.807) is 24.5 Å². The number of methoxy groups -OCH3 is 1. The van der Waals surface area contributed by atoms with Gasteiger partial charge < -0.3 is 15.4 Å². The molecule has 0 spiro atoms. The van der Waals surface area contributed by atoms with E-state index in [-0.39, 0.29) is 18.9 Å². The van der Waals surface area contributed by atoms with E-state index in [0.717, 1.165) is 48.9 Å². The number of benzene rings is 1. The molecule has 4 heterocycles. The SMILES string of the molecule is COc1ccc(-n2nc(C3CCNCC3)cc2NCC(=O)C2=C3CN(C=C(CN=O)C=N3)N=C2)cc1. The van der Waals surface area contributed by atoms with Gasteiger partial charge in [-0.2, -0.15) is 15.1 Å². The number of anilines is 1. The van der Waals surface area contributed by atoms with Crippen molar-refractivity contribution in [1.82, 2.24) is 20.1 Å². The van der Waals surface area contributed by atoms with Gasteiger partial charge in [0.1, 0.15) is 18.1 Å². The lowest BCUT2D eigenvalue weighted by atomic mass is 9.95. The van der Waals surface area contributed by atoms with Gasteiger partial charge in [-0.3, -0.25) is 14.8 Å². The van der Waals surface area contributed by atoms with Gasteiger partial charge in [0, 0.05) is 30.0 Å². The van der Waals surface area contributed by atoms with E-state index in [0.29, 0.717) is 29.3 Å². The number of nitroso groups, excluding NO2 is 1. The van der Waals surface area contributed by atoms with E-state index in [1.165, 1.54) is 6.21 Å². The zero-order chi connectivity index (χ0) is 24.9. The predicted molar refractivity (Wildman–Crippen MR) is 138 cm³/mol. The molecule has 1 saturated heterocycles. The smallest absolute Gasteiger partial charge is 0.185 e. The Hall–Kier alpha value is -4.12. The molecule has 0 saturated carbocycles. The van der Waals surface area contributed by atoms with Gasteiger partial charge in [-0.15, -0.1) is 0 Å². The fraction of sp³-hybridized carbons (Fsp3) is 0.360. The first-order valence-corrected chi connectivity index (χ1v) is 11.9. The minimum atomic E-state index is -0.131. The van der Waals surface area contributed by atoms with Crippen LogP contribution in [0, 0.1) is 4.91 Å². The normalized spacial score (nSPS) is 17.6. The molecule has 0 atom stereocenters. The number of rotatable bonds is 9. The Balaban J connectivity index is 1.37. The van der Waals surface area contributed by atoms with Crippen molar-refractivity contribution < 1.29 is 9.53 Å². The second kappa shape index (κ2) is 10.6. The fourth-order valence-electron chi connectivity index (χ4n) is 4.48. The molecular weight excluding hydrogens is 460 g/mol. The maximum Gasteiger partial charge on any atom is 0.185 e. The summed E-state index contributed by atoms with van der Waals surface area (Å²) in [5.74, 6) is 1.74. The van der Waals surface area contributed by atoms with Crippen molar-refractivity contribution in [2.24, 2.45) is 15.3 Å². The summed E-state index contributed by atoms with van der Waals surface area (Å²) in [6, 6.07) is 9.70. The number of fused-ring (bicyclic) bond motifs is 2. The summed E-state index contributed by atoms with van der Waals surface area (Å²) in [7, 11) is 1.63. The summed E-state index contributed by atoms with van der Waals surface area (Å²) >= 11 is 0. The molecule has 1 aromatic carbocycles. The molecule has 11 heteroatoms. The molecule has 0 unspecified atom stereocenters. The molecule has 0 radical (unpaired) electrons. The molecule has 2 bridgehead atoms. The van der Waals surface area contributed by atoms with Gasteiger partial charge >= 0.3 is 0 Å². The van der Waals surface area contributed by atoms with Gasteiger partial charge in [0.25, 0.3) is 0 Å². The van der Waals surface area contributed by atoms with Crippen LogP contribution in [0.25, 0.3) is 5.69 Å². The summed E-state index contributed by atoms with van der Waals surface area (Å²) in [5, 5.41) is 20.5. The molecule has 3 aliphatic heterocycles. The molecule has 1 fully saturated rings. The molecule has 1 aromatic heterocycles. The van der Waals surface area contributed by atoms with Crippen molar-refractivity contribution >= 4 is 24.0 Å². The topological polar surface area (TPSA) is 126 Å². The van der Waals surface area contributed by atoms with Crippen molar-refractivity contribution in [3.8, 4) is 11.4 Å². The first-order valence-electron chi connectivity index (χ1n) is 11.9. The number of hydrogen-bond acceptors (Lipinski definition) is 10. The zero-order valence-corrected chi connectivity index (χ0v) is 20.1. The third-order valence-corrected chi connectivity index (χ3v) is 6.44. The van der Waals surface area contributed by atoms with Crippen LogP contribution in [0.5, 0.6) is 5.75 Å². The number of aliphatic imine (C=N–C) groups is 1. The fourth-order valence-corrected chi connectivity index (χ4v) is 4.48. The van der Waals surface area contributed by atoms with Crippen molar-refractivity contribution in [2.75, 3.05) is 45.2 Å². The summed E-state index contributed by atoms with van der Waals surface area (Å²) in [5.41, 5.74) is 3.57. The minimum absolute atomic E-state index is 0.00236. The zero-order valence-electron chi connectivity index (χ0n) is 20.1. The van der Waals surface area contributed by atoms with Crippen molar-refractivity contribution in [3.63, 3.8) is 0 Å². The number of ether oxygens (including phenoxy) is 1. The van der Waals surface area contributed by atoms with Crippen LogP contribution in [0.15, 0.2) is 68.6 Å². The first-order chi connectivity index (χ1) is 17.6. The van der Waals surface area contributed by atoms with Crippen LogP contribution < -0.4 is 15.4 Å². The number of Topliss-reactive ketones (excluding diaryl/α,β-unsaturated/α-hetero) is 1. The van der Waals surface area contributed by atoms with Crippen molar-refractivity contribution in [3.05, 3.63) is 64.0 Å². The van der Waals surface area contributed by atoms with Gasteiger partial charge in [-0.1, -0.05) is 5.18 Å². The predicted octanol–water partition coefficient (Wildman–Crippen LogP) is 2.62. The molecule has 0 amide bonds. The Morgan fingerprint density at radius 2 is 2.03 bits per heavy atom. The Morgan fingerprint density at radius 3 is 2.78 bits per heavy atom. The van der Waals surface area contributed by atoms with E-state index < -0.39 is 0 Å². The van der Waals surface area contributed by atoms with Gasteiger partial charge in [-0.05, 0) is 50.2 Å². The molecule has 5 rings (SSSR count). The number of aromatic nitrogens is 2. The van der Waals surface area contributed by atoms with E-state index in [9.17, 15) is 9.70 Å². The lowest BCUT2D eigenvalue weighted by molar-refractivity contribution is -0.113. The van der Waals surface area contributed by atoms with Gasteiger partial charge in [0.15, 0.2) is 5.78 Å². The standard InChI is InChI=1S/C25H28N8O3/c1-36-20-4-2-19(3-5-20)33-25(10-22(31-33)18-6-8-26-9-7-18)28-14-24(34)21-13-29-32-15-17(12-30-35)11-27-23(21)16-32/h2-5,10-11,13,15,18,26,28H,6-9,12,14,16H2,1H3. The van der Waals surface area contributed by atoms with E-state index in [2.05, 4.69) is 25.9 Å². The van der Waals surface area contributed by atoms with Crippen LogP contribution in [-0.4, -0.2) is 72.8 Å². The van der Waals surface area contributed by atoms with Crippen LogP contribution in [-0.2, 0) is 4.79 Å². The Kier molecular flexibility index (Phi) is 6.99. The summed E-state index contributed by atoms with van der Waals surface area (Å²) in [6.07, 6.45) is 6.85. The first kappa shape index (κ1) is 23.6. The molecule has 186 valence electrons. The Labute approximate surface area is 208 Å². The number of hydrazone groups is 1. The van der Waals surface area contributed by atoms with Gasteiger partial charge in [0.05, 0.1) is 49.1 Å². The molecule has 2 aromatic rings. The summed E-state index contributed by atoms with van der Waals surface area (Å²) in [6.45, 7) is 2.36. The maximum atomic E-state index is 13.2. The highest BCUT2D eigenvalue weighted by Gasteiger charge is 2.23. The van der Waals surface area contributed by atoms with Crippen LogP contribution >= 0.6 is 0 Å². The van der Waals surface area contributed by atoms with Crippen LogP contribution in [0.3, 0.4) is 0 Å². The monoisotopic (exact) mass is 488 g/mol. The highest BCUT2D eigenvalue weighted by Crippen LogP contribution is 2.29. The number of carbonyl (C=O) groups is 1. The average molecular weight is 489 g/mol. The number of nitrogens with zero attached hydrogens (tertiary/aromatic N) is 6. The molecular formula is C25H28N8O3. The van der Waals surface area contributed by atoms with E-state index in [1.807, 2.05) is 35.0 Å². The quantitative estimate of drug-likeness (QED) is 0.520. The van der Waals surface area contributed by atoms with Gasteiger partial charge in [0.2, 0.25) is 0 Å². The minimum Gasteiger partial charge on any atom is -0.497 e. The lowest BCUT2D eigenvalue weighted by Gasteiger charge is -2.20.